The van der Waals surface area contributed by atoms with Crippen molar-refractivity contribution in [3.05, 3.63) is 41.5 Å². The Morgan fingerprint density at radius 2 is 1.69 bits per heavy atom. The number of aliphatic hydroxyl groups excluding tert-OH is 1. The Morgan fingerprint density at radius 1 is 1.03 bits per heavy atom. The van der Waals surface area contributed by atoms with Gasteiger partial charge in [0.1, 0.15) is 11.3 Å². The Hall–Kier alpha value is -1.75. The SMILES string of the molecule is CC.CCC1CCC(Oc2ccc3cc(C(O)CC)ccc3c2C(F)(F)F)CC1. The largest absolute Gasteiger partial charge is 0.490 e. The topological polar surface area (TPSA) is 29.5 Å². The van der Waals surface area contributed by atoms with Crippen LogP contribution in [0.4, 0.5) is 13.2 Å². The molecule has 1 atom stereocenters. The molecule has 2 aromatic rings. The van der Waals surface area contributed by atoms with Crippen molar-refractivity contribution in [3.63, 3.8) is 0 Å². The fourth-order valence-corrected chi connectivity index (χ4v) is 4.00. The molecule has 5 heteroatoms. The third kappa shape index (κ3) is 5.65. The zero-order valence-corrected chi connectivity index (χ0v) is 17.9. The lowest BCUT2D eigenvalue weighted by molar-refractivity contribution is -0.138. The first-order valence-electron chi connectivity index (χ1n) is 10.8. The quantitative estimate of drug-likeness (QED) is 0.548. The zero-order valence-electron chi connectivity index (χ0n) is 17.9. The van der Waals surface area contributed by atoms with Gasteiger partial charge in [-0.2, -0.15) is 13.2 Å². The number of benzene rings is 2. The first-order chi connectivity index (χ1) is 13.8. The highest BCUT2D eigenvalue weighted by Gasteiger charge is 2.37. The van der Waals surface area contributed by atoms with Gasteiger partial charge in [-0.25, -0.2) is 0 Å². The monoisotopic (exact) mass is 410 g/mol. The Bertz CT molecular complexity index is 778. The second-order valence-corrected chi connectivity index (χ2v) is 7.51. The lowest BCUT2D eigenvalue weighted by Gasteiger charge is -2.29. The third-order valence-electron chi connectivity index (χ3n) is 5.73. The van der Waals surface area contributed by atoms with E-state index in [1.807, 2.05) is 20.8 Å². The van der Waals surface area contributed by atoms with E-state index in [2.05, 4.69) is 6.92 Å². The maximum Gasteiger partial charge on any atom is 0.420 e. The molecule has 0 spiro atoms. The van der Waals surface area contributed by atoms with Crippen LogP contribution in [-0.4, -0.2) is 11.2 Å². The summed E-state index contributed by atoms with van der Waals surface area (Å²) in [5, 5.41) is 10.6. The minimum atomic E-state index is -4.50. The molecule has 0 heterocycles. The van der Waals surface area contributed by atoms with E-state index in [0.29, 0.717) is 23.3 Å². The molecule has 0 radical (unpaired) electrons. The Morgan fingerprint density at radius 3 is 2.24 bits per heavy atom. The van der Waals surface area contributed by atoms with E-state index < -0.39 is 17.8 Å². The smallest absolute Gasteiger partial charge is 0.420 e. The molecule has 1 fully saturated rings. The molecule has 3 rings (SSSR count). The minimum Gasteiger partial charge on any atom is -0.490 e. The highest BCUT2D eigenvalue weighted by atomic mass is 19.4. The number of rotatable bonds is 5. The number of aliphatic hydroxyl groups is 1. The molecule has 162 valence electrons. The lowest BCUT2D eigenvalue weighted by atomic mass is 9.86. The number of halogens is 3. The second-order valence-electron chi connectivity index (χ2n) is 7.51. The van der Waals surface area contributed by atoms with Crippen LogP contribution in [0.3, 0.4) is 0 Å². The average molecular weight is 411 g/mol. The molecule has 2 nitrogen and oxygen atoms in total. The van der Waals surface area contributed by atoms with Crippen LogP contribution in [-0.2, 0) is 6.18 Å². The van der Waals surface area contributed by atoms with Gasteiger partial charge in [0.15, 0.2) is 0 Å². The Labute approximate surface area is 172 Å². The summed E-state index contributed by atoms with van der Waals surface area (Å²) in [6.07, 6.45) is -0.0867. The zero-order chi connectivity index (χ0) is 21.6. The van der Waals surface area contributed by atoms with Gasteiger partial charge in [0.05, 0.1) is 12.2 Å². The maximum absolute atomic E-state index is 13.8. The molecule has 1 N–H and O–H groups in total. The van der Waals surface area contributed by atoms with Crippen molar-refractivity contribution in [2.75, 3.05) is 0 Å². The Kier molecular flexibility index (Phi) is 8.38. The van der Waals surface area contributed by atoms with Gasteiger partial charge in [0.25, 0.3) is 0 Å². The van der Waals surface area contributed by atoms with Gasteiger partial charge in [0, 0.05) is 0 Å². The van der Waals surface area contributed by atoms with Gasteiger partial charge in [0.2, 0.25) is 0 Å². The summed E-state index contributed by atoms with van der Waals surface area (Å²) in [5.41, 5.74) is -0.0835. The van der Waals surface area contributed by atoms with Gasteiger partial charge in [-0.15, -0.1) is 0 Å². The van der Waals surface area contributed by atoms with Crippen molar-refractivity contribution in [1.82, 2.24) is 0 Å². The van der Waals surface area contributed by atoms with E-state index >= 15 is 0 Å². The van der Waals surface area contributed by atoms with Crippen molar-refractivity contribution in [2.24, 2.45) is 5.92 Å². The number of hydrogen-bond acceptors (Lipinski definition) is 2. The van der Waals surface area contributed by atoms with Gasteiger partial charge in [-0.05, 0) is 66.5 Å². The van der Waals surface area contributed by atoms with E-state index in [1.165, 1.54) is 12.1 Å². The molecule has 0 aromatic heterocycles. The normalized spacial score (nSPS) is 20.7. The van der Waals surface area contributed by atoms with Crippen molar-refractivity contribution < 1.29 is 23.0 Å². The van der Waals surface area contributed by atoms with Crippen molar-refractivity contribution >= 4 is 10.8 Å². The predicted octanol–water partition coefficient (Wildman–Crippen LogP) is 7.68. The van der Waals surface area contributed by atoms with Crippen molar-refractivity contribution in [2.45, 2.75) is 84.6 Å². The summed E-state index contributed by atoms with van der Waals surface area (Å²) in [6.45, 7) is 7.99. The van der Waals surface area contributed by atoms with Crippen LogP contribution in [0.15, 0.2) is 30.3 Å². The highest BCUT2D eigenvalue weighted by molar-refractivity contribution is 5.89. The molecular weight excluding hydrogens is 377 g/mol. The van der Waals surface area contributed by atoms with E-state index in [9.17, 15) is 18.3 Å². The number of ether oxygens (including phenoxy) is 1. The second kappa shape index (κ2) is 10.3. The van der Waals surface area contributed by atoms with E-state index in [-0.39, 0.29) is 17.2 Å². The van der Waals surface area contributed by atoms with Crippen LogP contribution in [0.5, 0.6) is 5.75 Å². The molecule has 1 aliphatic rings. The van der Waals surface area contributed by atoms with E-state index in [4.69, 9.17) is 4.74 Å². The summed E-state index contributed by atoms with van der Waals surface area (Å²) in [5.74, 6) is 0.575. The summed E-state index contributed by atoms with van der Waals surface area (Å²) < 4.78 is 47.4. The first kappa shape index (κ1) is 23.5. The number of fused-ring (bicyclic) bond motifs is 1. The lowest BCUT2D eigenvalue weighted by Crippen LogP contribution is -2.25. The number of alkyl halides is 3. The van der Waals surface area contributed by atoms with E-state index in [1.54, 1.807) is 18.2 Å². The predicted molar refractivity (Wildman–Crippen MR) is 112 cm³/mol. The molecule has 1 unspecified atom stereocenters. The highest BCUT2D eigenvalue weighted by Crippen LogP contribution is 2.43. The van der Waals surface area contributed by atoms with E-state index in [0.717, 1.165) is 32.1 Å². The van der Waals surface area contributed by atoms with Gasteiger partial charge in [-0.3, -0.25) is 0 Å². The standard InChI is InChI=1S/C22H27F3O2.C2H6/c1-3-14-5-9-17(10-6-14)27-20-12-8-15-13-16(19(26)4-2)7-11-18(15)21(20)22(23,24)25;1-2/h7-8,11-14,17,19,26H,3-6,9-10H2,1-2H3;1-2H3. The van der Waals surface area contributed by atoms with Crippen LogP contribution in [0.1, 0.15) is 83.5 Å². The molecule has 1 saturated carbocycles. The molecule has 0 aliphatic heterocycles. The third-order valence-corrected chi connectivity index (χ3v) is 5.73. The molecular formula is C24H33F3O2. The van der Waals surface area contributed by atoms with Crippen LogP contribution in [0.2, 0.25) is 0 Å². The van der Waals surface area contributed by atoms with Gasteiger partial charge < -0.3 is 9.84 Å². The molecule has 0 saturated heterocycles. The summed E-state index contributed by atoms with van der Waals surface area (Å²) in [6, 6.07) is 7.74. The average Bonchev–Trinajstić information content (AvgIpc) is 2.73. The Balaban J connectivity index is 0.00000145. The van der Waals surface area contributed by atoms with Crippen LogP contribution in [0, 0.1) is 5.92 Å². The van der Waals surface area contributed by atoms with Gasteiger partial charge >= 0.3 is 6.18 Å². The maximum atomic E-state index is 13.8. The molecule has 1 aliphatic carbocycles. The number of hydrogen-bond donors (Lipinski definition) is 1. The van der Waals surface area contributed by atoms with Crippen LogP contribution >= 0.6 is 0 Å². The summed E-state index contributed by atoms with van der Waals surface area (Å²) in [4.78, 5) is 0. The minimum absolute atomic E-state index is 0.0845. The molecule has 2 aromatic carbocycles. The van der Waals surface area contributed by atoms with Crippen molar-refractivity contribution in [1.29, 1.82) is 0 Å². The van der Waals surface area contributed by atoms with Crippen LogP contribution < -0.4 is 4.74 Å². The summed E-state index contributed by atoms with van der Waals surface area (Å²) >= 11 is 0. The summed E-state index contributed by atoms with van der Waals surface area (Å²) in [7, 11) is 0. The molecule has 29 heavy (non-hydrogen) atoms. The van der Waals surface area contributed by atoms with Crippen molar-refractivity contribution in [3.8, 4) is 5.75 Å². The van der Waals surface area contributed by atoms with Gasteiger partial charge in [-0.1, -0.05) is 52.3 Å². The van der Waals surface area contributed by atoms with Crippen LogP contribution in [0.25, 0.3) is 10.8 Å². The molecule has 0 amide bonds. The fourth-order valence-electron chi connectivity index (χ4n) is 4.00. The first-order valence-corrected chi connectivity index (χ1v) is 10.8. The molecule has 0 bridgehead atoms. The fraction of sp³-hybridized carbons (Fsp3) is 0.583.